The van der Waals surface area contributed by atoms with Crippen LogP contribution in [-0.2, 0) is 13.0 Å². The Bertz CT molecular complexity index is 301. The number of aromatic nitrogens is 2. The van der Waals surface area contributed by atoms with Crippen molar-refractivity contribution in [3.63, 3.8) is 0 Å². The van der Waals surface area contributed by atoms with Gasteiger partial charge in [0.2, 0.25) is 0 Å². The Balaban J connectivity index is 2.45. The van der Waals surface area contributed by atoms with E-state index in [-0.39, 0.29) is 0 Å². The molecule has 2 N–H and O–H groups in total. The second-order valence-electron chi connectivity index (χ2n) is 3.75. The highest BCUT2D eigenvalue weighted by molar-refractivity contribution is 5.37. The molecule has 1 aliphatic heterocycles. The van der Waals surface area contributed by atoms with Gasteiger partial charge in [0.25, 0.3) is 0 Å². The molecule has 1 unspecified atom stereocenters. The van der Waals surface area contributed by atoms with Gasteiger partial charge >= 0.3 is 0 Å². The molecule has 1 aromatic heterocycles. The zero-order valence-electron chi connectivity index (χ0n) is 7.67. The summed E-state index contributed by atoms with van der Waals surface area (Å²) in [5.41, 5.74) is 7.02. The summed E-state index contributed by atoms with van der Waals surface area (Å²) in [6.07, 6.45) is 2.34. The zero-order valence-corrected chi connectivity index (χ0v) is 7.67. The van der Waals surface area contributed by atoms with Crippen molar-refractivity contribution in [2.45, 2.75) is 33.2 Å². The first-order chi connectivity index (χ1) is 5.68. The van der Waals surface area contributed by atoms with Gasteiger partial charge < -0.3 is 10.3 Å². The Morgan fingerprint density at radius 2 is 2.33 bits per heavy atom. The summed E-state index contributed by atoms with van der Waals surface area (Å²) >= 11 is 0. The fourth-order valence-electron chi connectivity index (χ4n) is 1.92. The molecule has 0 aromatic carbocycles. The molecule has 0 aliphatic carbocycles. The summed E-state index contributed by atoms with van der Waals surface area (Å²) in [6.45, 7) is 5.39. The quantitative estimate of drug-likeness (QED) is 0.630. The van der Waals surface area contributed by atoms with Gasteiger partial charge in [0, 0.05) is 6.54 Å². The largest absolute Gasteiger partial charge is 0.382 e. The predicted molar refractivity (Wildman–Crippen MR) is 48.9 cm³/mol. The molecule has 0 spiro atoms. The van der Waals surface area contributed by atoms with Crippen LogP contribution in [0.1, 0.15) is 24.9 Å². The van der Waals surface area contributed by atoms with E-state index in [9.17, 15) is 0 Å². The number of rotatable bonds is 0. The van der Waals surface area contributed by atoms with Crippen molar-refractivity contribution < 1.29 is 0 Å². The van der Waals surface area contributed by atoms with E-state index in [0.29, 0.717) is 0 Å². The second kappa shape index (κ2) is 2.51. The fourth-order valence-corrected chi connectivity index (χ4v) is 1.92. The Morgan fingerprint density at radius 3 is 3.08 bits per heavy atom. The Hall–Kier alpha value is -0.990. The number of nitrogens with two attached hydrogens (primary N) is 1. The molecule has 1 aromatic rings. The number of nitrogens with zero attached hydrogens (tertiary/aromatic N) is 2. The molecule has 0 saturated carbocycles. The van der Waals surface area contributed by atoms with Crippen molar-refractivity contribution >= 4 is 5.82 Å². The van der Waals surface area contributed by atoms with E-state index in [0.717, 1.165) is 30.5 Å². The molecule has 1 aliphatic rings. The lowest BCUT2D eigenvalue weighted by molar-refractivity contribution is 0.395. The zero-order chi connectivity index (χ0) is 8.72. The third kappa shape index (κ3) is 1.00. The van der Waals surface area contributed by atoms with Gasteiger partial charge in [-0.15, -0.1) is 0 Å². The Kier molecular flexibility index (Phi) is 1.60. The molecule has 3 heteroatoms. The van der Waals surface area contributed by atoms with Crippen molar-refractivity contribution in [3.05, 3.63) is 11.5 Å². The van der Waals surface area contributed by atoms with Crippen LogP contribution in [0.3, 0.4) is 0 Å². The van der Waals surface area contributed by atoms with E-state index in [2.05, 4.69) is 16.5 Å². The Morgan fingerprint density at radius 1 is 1.58 bits per heavy atom. The van der Waals surface area contributed by atoms with Crippen LogP contribution in [-0.4, -0.2) is 9.55 Å². The monoisotopic (exact) mass is 165 g/mol. The van der Waals surface area contributed by atoms with Crippen molar-refractivity contribution in [1.29, 1.82) is 0 Å². The summed E-state index contributed by atoms with van der Waals surface area (Å²) in [7, 11) is 0. The first-order valence-electron chi connectivity index (χ1n) is 4.50. The van der Waals surface area contributed by atoms with Crippen LogP contribution in [0.4, 0.5) is 5.82 Å². The normalized spacial score (nSPS) is 22.3. The van der Waals surface area contributed by atoms with Gasteiger partial charge in [0.15, 0.2) is 0 Å². The van der Waals surface area contributed by atoms with E-state index in [1.165, 1.54) is 12.1 Å². The lowest BCUT2D eigenvalue weighted by Gasteiger charge is -2.21. The van der Waals surface area contributed by atoms with Crippen LogP contribution in [0.15, 0.2) is 0 Å². The molecule has 66 valence electrons. The lowest BCUT2D eigenvalue weighted by Crippen LogP contribution is -2.18. The van der Waals surface area contributed by atoms with E-state index in [1.54, 1.807) is 0 Å². The first kappa shape index (κ1) is 7.65. The van der Waals surface area contributed by atoms with Gasteiger partial charge in [0.1, 0.15) is 11.6 Å². The highest BCUT2D eigenvalue weighted by atomic mass is 15.1. The molecule has 0 radical (unpaired) electrons. The van der Waals surface area contributed by atoms with Crippen LogP contribution >= 0.6 is 0 Å². The number of anilines is 1. The van der Waals surface area contributed by atoms with Gasteiger partial charge in [0.05, 0.1) is 5.69 Å². The summed E-state index contributed by atoms with van der Waals surface area (Å²) < 4.78 is 2.25. The van der Waals surface area contributed by atoms with Crippen molar-refractivity contribution in [3.8, 4) is 0 Å². The predicted octanol–water partition coefficient (Wildman–Crippen LogP) is 1.36. The lowest BCUT2D eigenvalue weighted by atomic mass is 10.00. The molecule has 12 heavy (non-hydrogen) atoms. The van der Waals surface area contributed by atoms with Crippen molar-refractivity contribution in [1.82, 2.24) is 9.55 Å². The van der Waals surface area contributed by atoms with Gasteiger partial charge in [-0.3, -0.25) is 0 Å². The van der Waals surface area contributed by atoms with Crippen LogP contribution < -0.4 is 5.73 Å². The molecular formula is C9H15N3. The summed E-state index contributed by atoms with van der Waals surface area (Å²) in [5.74, 6) is 2.57. The molecule has 2 heterocycles. The number of hydrogen-bond acceptors (Lipinski definition) is 2. The van der Waals surface area contributed by atoms with Gasteiger partial charge in [-0.2, -0.15) is 0 Å². The average Bonchev–Trinajstić information content (AvgIpc) is 2.28. The van der Waals surface area contributed by atoms with E-state index >= 15 is 0 Å². The van der Waals surface area contributed by atoms with Crippen LogP contribution in [0.2, 0.25) is 0 Å². The van der Waals surface area contributed by atoms with Crippen LogP contribution in [0.5, 0.6) is 0 Å². The minimum absolute atomic E-state index is 0.736. The maximum atomic E-state index is 5.78. The third-order valence-electron chi connectivity index (χ3n) is 2.66. The standard InChI is InChI=1S/C9H15N3/c1-6-3-4-8-9(10)11-7(2)12(8)5-6/h6H,3-5,10H2,1-2H3. The number of fused-ring (bicyclic) bond motifs is 1. The maximum absolute atomic E-state index is 5.78. The van der Waals surface area contributed by atoms with Gasteiger partial charge in [-0.1, -0.05) is 6.92 Å². The molecule has 3 nitrogen and oxygen atoms in total. The fraction of sp³-hybridized carbons (Fsp3) is 0.667. The van der Waals surface area contributed by atoms with Gasteiger partial charge in [-0.05, 0) is 25.7 Å². The van der Waals surface area contributed by atoms with Crippen molar-refractivity contribution in [2.75, 3.05) is 5.73 Å². The highest BCUT2D eigenvalue weighted by Crippen LogP contribution is 2.24. The smallest absolute Gasteiger partial charge is 0.145 e. The van der Waals surface area contributed by atoms with E-state index in [4.69, 9.17) is 5.73 Å². The molecule has 0 bridgehead atoms. The number of hydrogen-bond donors (Lipinski definition) is 1. The Labute approximate surface area is 72.6 Å². The minimum Gasteiger partial charge on any atom is -0.382 e. The SMILES string of the molecule is Cc1nc(N)c2n1CC(C)CC2. The molecule has 2 rings (SSSR count). The summed E-state index contributed by atoms with van der Waals surface area (Å²) in [6, 6.07) is 0. The molecule has 0 saturated heterocycles. The van der Waals surface area contributed by atoms with E-state index < -0.39 is 0 Å². The molecule has 0 fully saturated rings. The van der Waals surface area contributed by atoms with Crippen LogP contribution in [0, 0.1) is 12.8 Å². The van der Waals surface area contributed by atoms with Gasteiger partial charge in [-0.25, -0.2) is 4.98 Å². The second-order valence-corrected chi connectivity index (χ2v) is 3.75. The van der Waals surface area contributed by atoms with E-state index in [1.807, 2.05) is 6.92 Å². The number of nitrogen functional groups attached to an aromatic ring is 1. The maximum Gasteiger partial charge on any atom is 0.145 e. The third-order valence-corrected chi connectivity index (χ3v) is 2.66. The minimum atomic E-state index is 0.736. The molecule has 0 amide bonds. The number of aryl methyl sites for hydroxylation is 1. The summed E-state index contributed by atoms with van der Waals surface area (Å²) in [5, 5.41) is 0. The molecular weight excluding hydrogens is 150 g/mol. The molecule has 1 atom stereocenters. The topological polar surface area (TPSA) is 43.8 Å². The summed E-state index contributed by atoms with van der Waals surface area (Å²) in [4.78, 5) is 4.27. The number of imidazole rings is 1. The first-order valence-corrected chi connectivity index (χ1v) is 4.50. The van der Waals surface area contributed by atoms with Crippen molar-refractivity contribution in [2.24, 2.45) is 5.92 Å². The highest BCUT2D eigenvalue weighted by Gasteiger charge is 2.19. The average molecular weight is 165 g/mol. The van der Waals surface area contributed by atoms with Crippen LogP contribution in [0.25, 0.3) is 0 Å².